The fourth-order valence-corrected chi connectivity index (χ4v) is 4.60. The van der Waals surface area contributed by atoms with Gasteiger partial charge in [0.15, 0.2) is 0 Å². The monoisotopic (exact) mass is 364 g/mol. The molecule has 2 aliphatic heterocycles. The van der Waals surface area contributed by atoms with Gasteiger partial charge in [0.2, 0.25) is 11.8 Å². The molecule has 1 N–H and O–H groups in total. The molecule has 2 amide bonds. The summed E-state index contributed by atoms with van der Waals surface area (Å²) in [5.41, 5.74) is 0. The van der Waals surface area contributed by atoms with Crippen molar-refractivity contribution in [3.8, 4) is 0 Å². The summed E-state index contributed by atoms with van der Waals surface area (Å²) >= 11 is 0. The maximum atomic E-state index is 12.4. The molecule has 6 nitrogen and oxygen atoms in total. The van der Waals surface area contributed by atoms with Crippen LogP contribution >= 0.6 is 0 Å². The number of nitrogens with one attached hydrogen (secondary N) is 1. The molecule has 3 rings (SSSR count). The summed E-state index contributed by atoms with van der Waals surface area (Å²) in [6, 6.07) is 0.339. The molecule has 1 saturated carbocycles. The van der Waals surface area contributed by atoms with Crippen LogP contribution in [0.5, 0.6) is 0 Å². The van der Waals surface area contributed by atoms with Crippen molar-refractivity contribution < 1.29 is 9.59 Å². The summed E-state index contributed by atoms with van der Waals surface area (Å²) < 4.78 is 0. The number of piperazine rings is 1. The smallest absolute Gasteiger partial charge is 0.236 e. The van der Waals surface area contributed by atoms with E-state index < -0.39 is 0 Å². The first-order valence-corrected chi connectivity index (χ1v) is 10.5. The van der Waals surface area contributed by atoms with Gasteiger partial charge in [-0.1, -0.05) is 26.7 Å². The Morgan fingerprint density at radius 1 is 0.846 bits per heavy atom. The molecule has 1 aliphatic carbocycles. The maximum Gasteiger partial charge on any atom is 0.236 e. The third-order valence-electron chi connectivity index (χ3n) is 6.70. The molecule has 0 radical (unpaired) electrons. The summed E-state index contributed by atoms with van der Waals surface area (Å²) in [6.07, 6.45) is 5.91. The Morgan fingerprint density at radius 3 is 2.12 bits per heavy atom. The van der Waals surface area contributed by atoms with Gasteiger partial charge in [-0.05, 0) is 31.1 Å². The minimum atomic E-state index is 0.164. The summed E-state index contributed by atoms with van der Waals surface area (Å²) in [6.45, 7) is 11.0. The van der Waals surface area contributed by atoms with Crippen molar-refractivity contribution in [1.82, 2.24) is 20.0 Å². The Bertz CT molecular complexity index is 484. The van der Waals surface area contributed by atoms with Gasteiger partial charge in [-0.25, -0.2) is 0 Å². The van der Waals surface area contributed by atoms with Gasteiger partial charge in [-0.3, -0.25) is 19.4 Å². The lowest BCUT2D eigenvalue weighted by molar-refractivity contribution is -0.132. The quantitative estimate of drug-likeness (QED) is 0.796. The number of amides is 2. The third-order valence-corrected chi connectivity index (χ3v) is 6.70. The van der Waals surface area contributed by atoms with E-state index in [-0.39, 0.29) is 11.8 Å². The van der Waals surface area contributed by atoms with Crippen molar-refractivity contribution in [1.29, 1.82) is 0 Å². The second-order valence-electron chi connectivity index (χ2n) is 8.58. The molecule has 2 saturated heterocycles. The van der Waals surface area contributed by atoms with E-state index in [1.807, 2.05) is 4.90 Å². The van der Waals surface area contributed by atoms with Crippen molar-refractivity contribution in [3.05, 3.63) is 0 Å². The highest BCUT2D eigenvalue weighted by Crippen LogP contribution is 2.29. The minimum Gasteiger partial charge on any atom is -0.352 e. The molecule has 0 aromatic carbocycles. The van der Waals surface area contributed by atoms with Gasteiger partial charge in [-0.2, -0.15) is 0 Å². The van der Waals surface area contributed by atoms with E-state index in [0.29, 0.717) is 31.0 Å². The fourth-order valence-electron chi connectivity index (χ4n) is 4.60. The first-order valence-electron chi connectivity index (χ1n) is 10.5. The highest BCUT2D eigenvalue weighted by atomic mass is 16.2. The number of carbonyl (C=O) groups is 2. The number of hydrogen-bond acceptors (Lipinski definition) is 4. The molecule has 2 heterocycles. The van der Waals surface area contributed by atoms with Crippen LogP contribution in [0.2, 0.25) is 0 Å². The average molecular weight is 365 g/mol. The van der Waals surface area contributed by atoms with Crippen LogP contribution in [0.1, 0.15) is 46.0 Å². The van der Waals surface area contributed by atoms with Gasteiger partial charge >= 0.3 is 0 Å². The molecular formula is C20H36N4O2. The average Bonchev–Trinajstić information content (AvgIpc) is 3.15. The van der Waals surface area contributed by atoms with Gasteiger partial charge < -0.3 is 10.2 Å². The lowest BCUT2D eigenvalue weighted by Gasteiger charge is -2.37. The van der Waals surface area contributed by atoms with Gasteiger partial charge in [0.1, 0.15) is 0 Å². The summed E-state index contributed by atoms with van der Waals surface area (Å²) in [5, 5.41) is 3.27. The largest absolute Gasteiger partial charge is 0.352 e. The van der Waals surface area contributed by atoms with E-state index in [0.717, 1.165) is 58.5 Å². The second kappa shape index (κ2) is 9.18. The van der Waals surface area contributed by atoms with Gasteiger partial charge in [0, 0.05) is 45.3 Å². The molecule has 26 heavy (non-hydrogen) atoms. The molecule has 0 spiro atoms. The predicted octanol–water partition coefficient (Wildman–Crippen LogP) is 1.17. The Labute approximate surface area is 158 Å². The Hall–Kier alpha value is -1.14. The minimum absolute atomic E-state index is 0.164. The molecule has 3 unspecified atom stereocenters. The second-order valence-corrected chi connectivity index (χ2v) is 8.58. The maximum absolute atomic E-state index is 12.4. The first kappa shape index (κ1) is 19.6. The molecule has 3 aliphatic rings. The summed E-state index contributed by atoms with van der Waals surface area (Å²) in [7, 11) is 0. The van der Waals surface area contributed by atoms with Crippen LogP contribution < -0.4 is 5.32 Å². The van der Waals surface area contributed by atoms with E-state index in [1.165, 1.54) is 12.8 Å². The zero-order chi connectivity index (χ0) is 18.5. The zero-order valence-electron chi connectivity index (χ0n) is 16.6. The SMILES string of the molecule is CC1CCCC(NC(=O)CN2CCN(CC(=O)N3CCCC3)CC2)C1C. The summed E-state index contributed by atoms with van der Waals surface area (Å²) in [4.78, 5) is 31.1. The van der Waals surface area contributed by atoms with Crippen molar-refractivity contribution in [3.63, 3.8) is 0 Å². The third kappa shape index (κ3) is 5.19. The van der Waals surface area contributed by atoms with Crippen molar-refractivity contribution in [2.75, 3.05) is 52.4 Å². The van der Waals surface area contributed by atoms with E-state index in [4.69, 9.17) is 0 Å². The van der Waals surface area contributed by atoms with Crippen LogP contribution in [-0.2, 0) is 9.59 Å². The van der Waals surface area contributed by atoms with E-state index >= 15 is 0 Å². The van der Waals surface area contributed by atoms with Crippen LogP contribution in [0, 0.1) is 11.8 Å². The lowest BCUT2D eigenvalue weighted by atomic mass is 9.78. The number of carbonyl (C=O) groups excluding carboxylic acids is 2. The number of nitrogens with zero attached hydrogens (tertiary/aromatic N) is 3. The highest BCUT2D eigenvalue weighted by molar-refractivity contribution is 5.79. The molecule has 0 bridgehead atoms. The zero-order valence-corrected chi connectivity index (χ0v) is 16.6. The molecule has 3 atom stereocenters. The van der Waals surface area contributed by atoms with Crippen molar-refractivity contribution in [2.45, 2.75) is 52.0 Å². The molecule has 148 valence electrons. The van der Waals surface area contributed by atoms with Crippen molar-refractivity contribution >= 4 is 11.8 Å². The molecule has 0 aromatic rings. The van der Waals surface area contributed by atoms with Crippen LogP contribution in [-0.4, -0.2) is 84.9 Å². The topological polar surface area (TPSA) is 55.9 Å². The molecule has 3 fully saturated rings. The highest BCUT2D eigenvalue weighted by Gasteiger charge is 2.29. The summed E-state index contributed by atoms with van der Waals surface area (Å²) in [5.74, 6) is 1.71. The van der Waals surface area contributed by atoms with E-state index in [1.54, 1.807) is 0 Å². The molecule has 6 heteroatoms. The van der Waals surface area contributed by atoms with E-state index in [9.17, 15) is 9.59 Å². The van der Waals surface area contributed by atoms with Crippen molar-refractivity contribution in [2.24, 2.45) is 11.8 Å². The van der Waals surface area contributed by atoms with Gasteiger partial charge in [0.25, 0.3) is 0 Å². The van der Waals surface area contributed by atoms with Gasteiger partial charge in [-0.15, -0.1) is 0 Å². The van der Waals surface area contributed by atoms with Crippen LogP contribution in [0.25, 0.3) is 0 Å². The normalized spacial score (nSPS) is 31.2. The van der Waals surface area contributed by atoms with Gasteiger partial charge in [0.05, 0.1) is 13.1 Å². The fraction of sp³-hybridized carbons (Fsp3) is 0.900. The molecule has 0 aromatic heterocycles. The predicted molar refractivity (Wildman–Crippen MR) is 103 cm³/mol. The number of rotatable bonds is 5. The van der Waals surface area contributed by atoms with Crippen LogP contribution in [0.4, 0.5) is 0 Å². The lowest BCUT2D eigenvalue weighted by Crippen LogP contribution is -2.53. The number of likely N-dealkylation sites (tertiary alicyclic amines) is 1. The van der Waals surface area contributed by atoms with Crippen LogP contribution in [0.15, 0.2) is 0 Å². The molecular weight excluding hydrogens is 328 g/mol. The van der Waals surface area contributed by atoms with E-state index in [2.05, 4.69) is 29.0 Å². The van der Waals surface area contributed by atoms with Crippen LogP contribution in [0.3, 0.4) is 0 Å². The standard InChI is InChI=1S/C20H36N4O2/c1-16-6-5-7-18(17(16)2)21-19(25)14-22-10-12-23(13-11-22)15-20(26)24-8-3-4-9-24/h16-18H,3-15H2,1-2H3,(H,21,25). The Morgan fingerprint density at radius 2 is 1.46 bits per heavy atom. The number of hydrogen-bond donors (Lipinski definition) is 1. The first-order chi connectivity index (χ1) is 12.5. The Balaban J connectivity index is 1.35. The Kier molecular flexibility index (Phi) is 6.92.